The Kier molecular flexibility index (Phi) is 4.52. The fourth-order valence-corrected chi connectivity index (χ4v) is 5.68. The van der Waals surface area contributed by atoms with Gasteiger partial charge >= 0.3 is 0 Å². The third kappa shape index (κ3) is 2.96. The van der Waals surface area contributed by atoms with Gasteiger partial charge in [0.1, 0.15) is 23.9 Å². The summed E-state index contributed by atoms with van der Waals surface area (Å²) in [5, 5.41) is 23.9. The fraction of sp³-hybridized carbons (Fsp3) is 0.348. The summed E-state index contributed by atoms with van der Waals surface area (Å²) in [7, 11) is 0. The molecule has 3 aromatic heterocycles. The highest BCUT2D eigenvalue weighted by Crippen LogP contribution is 2.54. The van der Waals surface area contributed by atoms with Gasteiger partial charge in [-0.1, -0.05) is 12.1 Å². The highest BCUT2D eigenvalue weighted by atomic mass is 79.9. The lowest BCUT2D eigenvalue weighted by Crippen LogP contribution is -2.37. The molecule has 6 rings (SSSR count). The zero-order chi connectivity index (χ0) is 22.0. The van der Waals surface area contributed by atoms with Crippen LogP contribution in [-0.4, -0.2) is 48.5 Å². The molecule has 9 heteroatoms. The minimum atomic E-state index is -0.904. The van der Waals surface area contributed by atoms with E-state index >= 15 is 0 Å². The quantitative estimate of drug-likeness (QED) is 0.390. The van der Waals surface area contributed by atoms with Crippen LogP contribution in [0.4, 0.5) is 5.82 Å². The first kappa shape index (κ1) is 20.0. The number of rotatable bonds is 2. The summed E-state index contributed by atoms with van der Waals surface area (Å²) < 4.78 is 8.90. The molecule has 4 aromatic rings. The Hall–Kier alpha value is -2.59. The van der Waals surface area contributed by atoms with Gasteiger partial charge in [-0.15, -0.1) is 0 Å². The Morgan fingerprint density at radius 1 is 1.16 bits per heavy atom. The maximum Gasteiger partial charge on any atom is 0.143 e. The molecule has 4 N–H and O–H groups in total. The molecule has 4 heterocycles. The van der Waals surface area contributed by atoms with Crippen LogP contribution in [0.1, 0.15) is 30.6 Å². The monoisotopic (exact) mass is 495 g/mol. The van der Waals surface area contributed by atoms with E-state index in [2.05, 4.69) is 30.9 Å². The number of benzene rings is 1. The summed E-state index contributed by atoms with van der Waals surface area (Å²) in [5.74, 6) is 0.443. The number of nitrogens with two attached hydrogens (primary N) is 1. The number of nitrogens with zero attached hydrogens (tertiary/aromatic N) is 4. The molecule has 0 bridgehead atoms. The van der Waals surface area contributed by atoms with E-state index in [0.717, 1.165) is 32.0 Å². The molecule has 8 nitrogen and oxygen atoms in total. The number of aromatic nitrogens is 4. The number of hydrogen-bond donors (Lipinski definition) is 3. The summed E-state index contributed by atoms with van der Waals surface area (Å²) in [6.07, 6.45) is 4.40. The van der Waals surface area contributed by atoms with Crippen LogP contribution in [0.15, 0.2) is 53.5 Å². The summed E-state index contributed by atoms with van der Waals surface area (Å²) >= 11 is 3.42. The number of halogens is 1. The standard InChI is InChI=1S/C23H22BrN5O3/c24-15-5-12-1-2-13(6-16(12)28-21(15)25)18-8-23(10-32-18)7-17(19(30)20(23)31)29-4-3-14-9-26-11-27-22(14)29/h1-6,9,11,17-20,30-31H,7-8,10H2,(H2,25,28)/t17-,18-,19+,20+,23-/m1/s1. The van der Waals surface area contributed by atoms with Crippen molar-refractivity contribution in [2.75, 3.05) is 12.3 Å². The smallest absolute Gasteiger partial charge is 0.143 e. The van der Waals surface area contributed by atoms with E-state index in [4.69, 9.17) is 10.5 Å². The van der Waals surface area contributed by atoms with E-state index in [0.29, 0.717) is 25.3 Å². The molecule has 164 valence electrons. The van der Waals surface area contributed by atoms with Crippen molar-refractivity contribution in [3.05, 3.63) is 59.1 Å². The van der Waals surface area contributed by atoms with Crippen molar-refractivity contribution in [1.82, 2.24) is 19.5 Å². The molecule has 1 saturated heterocycles. The molecular formula is C23H22BrN5O3. The summed E-state index contributed by atoms with van der Waals surface area (Å²) in [6.45, 7) is 0.383. The number of ether oxygens (including phenoxy) is 1. The molecule has 0 amide bonds. The Labute approximate surface area is 192 Å². The molecule has 1 aliphatic heterocycles. The lowest BCUT2D eigenvalue weighted by atomic mass is 9.80. The third-order valence-electron chi connectivity index (χ3n) is 7.05. The number of aliphatic hydroxyl groups is 2. The van der Waals surface area contributed by atoms with Gasteiger partial charge in [0.25, 0.3) is 0 Å². The molecule has 1 aliphatic carbocycles. The average Bonchev–Trinajstić information content (AvgIpc) is 3.48. The Morgan fingerprint density at radius 3 is 2.91 bits per heavy atom. The zero-order valence-electron chi connectivity index (χ0n) is 17.1. The average molecular weight is 496 g/mol. The first-order chi connectivity index (χ1) is 15.4. The van der Waals surface area contributed by atoms with Crippen molar-refractivity contribution in [1.29, 1.82) is 0 Å². The van der Waals surface area contributed by atoms with Crippen LogP contribution >= 0.6 is 15.9 Å². The molecule has 0 unspecified atom stereocenters. The van der Waals surface area contributed by atoms with E-state index < -0.39 is 17.6 Å². The molecular weight excluding hydrogens is 474 g/mol. The lowest BCUT2D eigenvalue weighted by Gasteiger charge is -2.26. The molecule has 2 fully saturated rings. The van der Waals surface area contributed by atoms with Gasteiger partial charge in [-0.3, -0.25) is 0 Å². The maximum atomic E-state index is 11.1. The predicted molar refractivity (Wildman–Crippen MR) is 123 cm³/mol. The Morgan fingerprint density at radius 2 is 2.03 bits per heavy atom. The van der Waals surface area contributed by atoms with Crippen LogP contribution in [0.25, 0.3) is 21.9 Å². The number of hydrogen-bond acceptors (Lipinski definition) is 7. The summed E-state index contributed by atoms with van der Waals surface area (Å²) in [6, 6.07) is 9.63. The number of nitrogen functional groups attached to an aromatic ring is 1. The van der Waals surface area contributed by atoms with Gasteiger partial charge in [0.15, 0.2) is 0 Å². The predicted octanol–water partition coefficient (Wildman–Crippen LogP) is 3.14. The Bertz CT molecular complexity index is 1340. The largest absolute Gasteiger partial charge is 0.390 e. The van der Waals surface area contributed by atoms with Crippen LogP contribution in [-0.2, 0) is 4.74 Å². The van der Waals surface area contributed by atoms with Crippen molar-refractivity contribution in [2.45, 2.75) is 37.2 Å². The summed E-state index contributed by atoms with van der Waals surface area (Å²) in [5.41, 5.74) is 7.98. The van der Waals surface area contributed by atoms with Crippen LogP contribution in [0, 0.1) is 5.41 Å². The molecule has 2 aliphatic rings. The van der Waals surface area contributed by atoms with Crippen LogP contribution in [0.2, 0.25) is 0 Å². The topological polar surface area (TPSA) is 119 Å². The van der Waals surface area contributed by atoms with E-state index in [1.807, 2.05) is 41.1 Å². The molecule has 1 aromatic carbocycles. The first-order valence-corrected chi connectivity index (χ1v) is 11.3. The van der Waals surface area contributed by atoms with Crippen molar-refractivity contribution in [3.8, 4) is 0 Å². The van der Waals surface area contributed by atoms with Gasteiger partial charge in [-0.2, -0.15) is 0 Å². The molecule has 5 atom stereocenters. The second kappa shape index (κ2) is 7.21. The van der Waals surface area contributed by atoms with Crippen LogP contribution < -0.4 is 5.73 Å². The second-order valence-electron chi connectivity index (χ2n) is 8.91. The maximum absolute atomic E-state index is 11.1. The number of fused-ring (bicyclic) bond motifs is 2. The van der Waals surface area contributed by atoms with E-state index in [1.165, 1.54) is 6.33 Å². The second-order valence-corrected chi connectivity index (χ2v) is 9.76. The van der Waals surface area contributed by atoms with Gasteiger partial charge in [-0.05, 0) is 52.5 Å². The van der Waals surface area contributed by atoms with Crippen molar-refractivity contribution >= 4 is 43.7 Å². The van der Waals surface area contributed by atoms with Gasteiger partial charge in [0, 0.05) is 28.6 Å². The minimum absolute atomic E-state index is 0.185. The highest BCUT2D eigenvalue weighted by Gasteiger charge is 2.57. The highest BCUT2D eigenvalue weighted by molar-refractivity contribution is 9.10. The third-order valence-corrected chi connectivity index (χ3v) is 7.69. The fourth-order valence-electron chi connectivity index (χ4n) is 5.35. The number of aliphatic hydroxyl groups excluding tert-OH is 2. The summed E-state index contributed by atoms with van der Waals surface area (Å²) in [4.78, 5) is 12.9. The molecule has 32 heavy (non-hydrogen) atoms. The van der Waals surface area contributed by atoms with Crippen molar-refractivity contribution in [3.63, 3.8) is 0 Å². The van der Waals surface area contributed by atoms with Gasteiger partial charge in [0.2, 0.25) is 0 Å². The van der Waals surface area contributed by atoms with Crippen LogP contribution in [0.5, 0.6) is 0 Å². The van der Waals surface area contributed by atoms with Crippen molar-refractivity contribution in [2.24, 2.45) is 5.41 Å². The molecule has 1 saturated carbocycles. The van der Waals surface area contributed by atoms with Gasteiger partial charge in [0.05, 0.1) is 34.8 Å². The molecule has 0 radical (unpaired) electrons. The van der Waals surface area contributed by atoms with Gasteiger partial charge < -0.3 is 25.3 Å². The number of pyridine rings is 1. The zero-order valence-corrected chi connectivity index (χ0v) is 18.7. The first-order valence-electron chi connectivity index (χ1n) is 10.6. The molecule has 1 spiro atoms. The van der Waals surface area contributed by atoms with E-state index in [-0.39, 0.29) is 12.1 Å². The van der Waals surface area contributed by atoms with Crippen LogP contribution in [0.3, 0.4) is 0 Å². The SMILES string of the molecule is Nc1nc2cc([C@H]3C[C@@]4(CO3)C[C@@H](n3ccc5cncnc53)[C@H](O)[C@@H]4O)ccc2cc1Br. The minimum Gasteiger partial charge on any atom is -0.390 e. The van der Waals surface area contributed by atoms with E-state index in [9.17, 15) is 10.2 Å². The lowest BCUT2D eigenvalue weighted by molar-refractivity contribution is -0.0309. The van der Waals surface area contributed by atoms with Crippen molar-refractivity contribution < 1.29 is 14.9 Å². The normalized spacial score (nSPS) is 30.1. The van der Waals surface area contributed by atoms with Gasteiger partial charge in [-0.25, -0.2) is 15.0 Å². The number of anilines is 1. The van der Waals surface area contributed by atoms with E-state index in [1.54, 1.807) is 6.20 Å². The Balaban J connectivity index is 1.30.